The van der Waals surface area contributed by atoms with E-state index in [2.05, 4.69) is 15.5 Å². The van der Waals surface area contributed by atoms with E-state index in [1.54, 1.807) is 11.6 Å². The molecule has 4 aliphatic heterocycles. The molecule has 11 heteroatoms. The topological polar surface area (TPSA) is 114 Å². The van der Waals surface area contributed by atoms with Crippen LogP contribution in [0.15, 0.2) is 29.5 Å². The zero-order valence-electron chi connectivity index (χ0n) is 18.8. The molecule has 1 N–H and O–H groups in total. The molecule has 10 nitrogen and oxygen atoms in total. The second-order valence-electron chi connectivity index (χ2n) is 9.58. The van der Waals surface area contributed by atoms with Gasteiger partial charge in [-0.1, -0.05) is 18.2 Å². The normalized spacial score (nSPS) is 27.5. The number of piperidine rings is 1. The van der Waals surface area contributed by atoms with Gasteiger partial charge in [-0.15, -0.1) is 5.10 Å². The summed E-state index contributed by atoms with van der Waals surface area (Å²) < 4.78 is 22.3. The van der Waals surface area contributed by atoms with Gasteiger partial charge in [0.15, 0.2) is 5.82 Å². The maximum atomic E-state index is 15.5. The minimum absolute atomic E-state index is 0.0660. The molecular formula is C23H25FN6O4. The van der Waals surface area contributed by atoms with Crippen molar-refractivity contribution in [3.05, 3.63) is 40.6 Å². The van der Waals surface area contributed by atoms with Gasteiger partial charge in [0.25, 0.3) is 0 Å². The Morgan fingerprint density at radius 1 is 1.29 bits per heavy atom. The summed E-state index contributed by atoms with van der Waals surface area (Å²) >= 11 is 0. The summed E-state index contributed by atoms with van der Waals surface area (Å²) in [6.45, 7) is 3.53. The van der Waals surface area contributed by atoms with Gasteiger partial charge in [0.2, 0.25) is 5.91 Å². The van der Waals surface area contributed by atoms with Crippen molar-refractivity contribution in [2.75, 3.05) is 32.8 Å². The number of aliphatic hydroxyl groups is 1. The first-order chi connectivity index (χ1) is 16.4. The van der Waals surface area contributed by atoms with Gasteiger partial charge in [-0.05, 0) is 47.9 Å². The number of ether oxygens (including phenoxy) is 1. The predicted molar refractivity (Wildman–Crippen MR) is 116 cm³/mol. The highest BCUT2D eigenvalue weighted by molar-refractivity contribution is 5.94. The molecule has 34 heavy (non-hydrogen) atoms. The number of amides is 1. The summed E-state index contributed by atoms with van der Waals surface area (Å²) in [7, 11) is 0. The van der Waals surface area contributed by atoms with Crippen LogP contribution in [0.2, 0.25) is 0 Å². The molecular weight excluding hydrogens is 443 g/mol. The Hall–Kier alpha value is -3.18. The Morgan fingerprint density at radius 3 is 2.88 bits per heavy atom. The molecule has 178 valence electrons. The number of benzene rings is 1. The summed E-state index contributed by atoms with van der Waals surface area (Å²) in [5.41, 5.74) is 2.63. The van der Waals surface area contributed by atoms with Gasteiger partial charge >= 0.3 is 5.97 Å². The highest BCUT2D eigenvalue weighted by Crippen LogP contribution is 2.45. The first kappa shape index (κ1) is 21.4. The van der Waals surface area contributed by atoms with Gasteiger partial charge in [0.1, 0.15) is 12.8 Å². The number of hydrogen-bond donors (Lipinski definition) is 1. The molecule has 1 amide bonds. The van der Waals surface area contributed by atoms with Crippen molar-refractivity contribution >= 4 is 11.9 Å². The van der Waals surface area contributed by atoms with Crippen LogP contribution in [0.4, 0.5) is 4.39 Å². The van der Waals surface area contributed by atoms with E-state index in [0.717, 1.165) is 16.7 Å². The van der Waals surface area contributed by atoms with Crippen molar-refractivity contribution in [3.63, 3.8) is 0 Å². The molecule has 4 aliphatic rings. The number of rotatable bonds is 4. The lowest BCUT2D eigenvalue weighted by atomic mass is 9.75. The molecule has 0 aliphatic carbocycles. The minimum atomic E-state index is -1.35. The van der Waals surface area contributed by atoms with Crippen molar-refractivity contribution < 1.29 is 23.8 Å². The van der Waals surface area contributed by atoms with E-state index < -0.39 is 23.7 Å². The van der Waals surface area contributed by atoms with Gasteiger partial charge in [-0.3, -0.25) is 9.69 Å². The third kappa shape index (κ3) is 3.10. The number of carbonyl (C=O) groups is 2. The Bertz CT molecular complexity index is 1230. The highest BCUT2D eigenvalue weighted by atomic mass is 19.1. The van der Waals surface area contributed by atoms with E-state index in [0.29, 0.717) is 49.6 Å². The van der Waals surface area contributed by atoms with Crippen molar-refractivity contribution in [1.29, 1.82) is 0 Å². The first-order valence-electron chi connectivity index (χ1n) is 11.5. The lowest BCUT2D eigenvalue weighted by Crippen LogP contribution is -2.53. The van der Waals surface area contributed by atoms with Crippen LogP contribution < -0.4 is 0 Å². The number of likely N-dealkylation sites (tertiary alicyclic amines) is 2. The summed E-state index contributed by atoms with van der Waals surface area (Å²) in [4.78, 5) is 28.4. The molecule has 1 spiro atoms. The second-order valence-corrected chi connectivity index (χ2v) is 9.58. The molecule has 0 saturated carbocycles. The average molecular weight is 468 g/mol. The molecule has 3 unspecified atom stereocenters. The average Bonchev–Trinajstić information content (AvgIpc) is 3.56. The van der Waals surface area contributed by atoms with Crippen LogP contribution in [0.5, 0.6) is 0 Å². The zero-order valence-corrected chi connectivity index (χ0v) is 18.8. The van der Waals surface area contributed by atoms with Crippen LogP contribution in [-0.2, 0) is 20.9 Å². The lowest BCUT2D eigenvalue weighted by Gasteiger charge is -2.41. The van der Waals surface area contributed by atoms with E-state index >= 15 is 4.39 Å². The molecule has 2 saturated heterocycles. The van der Waals surface area contributed by atoms with Crippen LogP contribution in [-0.4, -0.2) is 85.9 Å². The number of nitrogens with zero attached hydrogens (tertiary/aromatic N) is 6. The van der Waals surface area contributed by atoms with Crippen molar-refractivity contribution in [2.45, 2.75) is 38.6 Å². The number of esters is 1. The lowest BCUT2D eigenvalue weighted by molar-refractivity contribution is -0.142. The van der Waals surface area contributed by atoms with Crippen LogP contribution in [0.3, 0.4) is 0 Å². The standard InChI is InChI=1S/C23H25FN6O4/c1-13-17(12-34-21(13)32)29-7-5-23(22(29)33)4-6-28(11-19(23)24)10-18(31)14-2-3-16-15(8-14)9-30-20(16)25-26-27-30/h2-3,8,18-19,31H,4-7,9-12H2,1H3. The Balaban J connectivity index is 1.12. The van der Waals surface area contributed by atoms with E-state index in [1.165, 1.54) is 4.90 Å². The van der Waals surface area contributed by atoms with Crippen molar-refractivity contribution in [3.8, 4) is 11.4 Å². The van der Waals surface area contributed by atoms with Gasteiger partial charge in [-0.25, -0.2) is 13.9 Å². The quantitative estimate of drug-likeness (QED) is 0.560. The van der Waals surface area contributed by atoms with Crippen LogP contribution in [0.25, 0.3) is 11.4 Å². The van der Waals surface area contributed by atoms with Gasteiger partial charge in [-0.2, -0.15) is 0 Å². The number of alkyl halides is 1. The smallest absolute Gasteiger partial charge is 0.336 e. The summed E-state index contributed by atoms with van der Waals surface area (Å²) in [5.74, 6) is 0.0353. The monoisotopic (exact) mass is 468 g/mol. The summed E-state index contributed by atoms with van der Waals surface area (Å²) in [6, 6.07) is 5.70. The number of cyclic esters (lactones) is 1. The number of aromatic nitrogens is 4. The van der Waals surface area contributed by atoms with Crippen molar-refractivity contribution in [2.24, 2.45) is 5.41 Å². The summed E-state index contributed by atoms with van der Waals surface area (Å²) in [6.07, 6.45) is -1.34. The predicted octanol–water partition coefficient (Wildman–Crippen LogP) is 0.828. The van der Waals surface area contributed by atoms with Gasteiger partial charge < -0.3 is 14.7 Å². The van der Waals surface area contributed by atoms with E-state index in [9.17, 15) is 14.7 Å². The van der Waals surface area contributed by atoms with Crippen molar-refractivity contribution in [1.82, 2.24) is 30.0 Å². The fourth-order valence-electron chi connectivity index (χ4n) is 5.68. The van der Waals surface area contributed by atoms with Crippen LogP contribution >= 0.6 is 0 Å². The zero-order chi connectivity index (χ0) is 23.6. The number of tetrazole rings is 1. The van der Waals surface area contributed by atoms with E-state index in [1.807, 2.05) is 23.1 Å². The maximum Gasteiger partial charge on any atom is 0.336 e. The molecule has 0 radical (unpaired) electrons. The minimum Gasteiger partial charge on any atom is -0.456 e. The molecule has 5 heterocycles. The van der Waals surface area contributed by atoms with E-state index in [4.69, 9.17) is 4.74 Å². The van der Waals surface area contributed by atoms with Gasteiger partial charge in [0, 0.05) is 25.2 Å². The Kier molecular flexibility index (Phi) is 4.82. The molecule has 3 atom stereocenters. The molecule has 6 rings (SSSR count). The highest BCUT2D eigenvalue weighted by Gasteiger charge is 2.56. The molecule has 2 fully saturated rings. The Labute approximate surface area is 195 Å². The summed E-state index contributed by atoms with van der Waals surface area (Å²) in [5, 5.41) is 22.5. The number of aliphatic hydroxyl groups excluding tert-OH is 1. The number of fused-ring (bicyclic) bond motifs is 3. The third-order valence-corrected chi connectivity index (χ3v) is 7.79. The number of halogens is 1. The fourth-order valence-corrected chi connectivity index (χ4v) is 5.68. The van der Waals surface area contributed by atoms with Gasteiger partial charge in [0.05, 0.1) is 29.3 Å². The van der Waals surface area contributed by atoms with Crippen LogP contribution in [0, 0.1) is 5.41 Å². The number of β-amino-alcohol motifs (C(OH)–C–C–N with tert-alkyl or cyclic N) is 1. The SMILES string of the molecule is CC1=C(N2CCC3(CCN(CC(O)c4ccc5c(c4)Cn4nnnc4-5)CC3F)C2=O)COC1=O. The van der Waals surface area contributed by atoms with E-state index in [-0.39, 0.29) is 25.6 Å². The fraction of sp³-hybridized carbons (Fsp3) is 0.522. The molecule has 0 bridgehead atoms. The largest absolute Gasteiger partial charge is 0.456 e. The maximum absolute atomic E-state index is 15.5. The third-order valence-electron chi connectivity index (χ3n) is 7.79. The first-order valence-corrected chi connectivity index (χ1v) is 11.5. The molecule has 1 aromatic heterocycles. The number of hydrogen-bond acceptors (Lipinski definition) is 8. The Morgan fingerprint density at radius 2 is 2.12 bits per heavy atom. The molecule has 1 aromatic carbocycles. The second kappa shape index (κ2) is 7.67. The van der Waals surface area contributed by atoms with Crippen LogP contribution in [0.1, 0.15) is 37.0 Å². The number of carbonyl (C=O) groups excluding carboxylic acids is 2. The molecule has 2 aromatic rings.